The Labute approximate surface area is 130 Å². The minimum Gasteiger partial charge on any atom is -0.453 e. The predicted octanol–water partition coefficient (Wildman–Crippen LogP) is 3.75. The van der Waals surface area contributed by atoms with E-state index in [-0.39, 0.29) is 11.9 Å². The van der Waals surface area contributed by atoms with Gasteiger partial charge < -0.3 is 9.84 Å². The van der Waals surface area contributed by atoms with E-state index >= 15 is 0 Å². The van der Waals surface area contributed by atoms with Crippen molar-refractivity contribution in [3.63, 3.8) is 0 Å². The standard InChI is InChI=1S/C19H20O3/c20-17-13-7-12-16(17)18(14-8-3-1-4-9-14)22-19(21)15-10-5-2-6-11-15/h1-6,8-11,16-18,20H,7,12-13H2/t16-,17-,18-/m1/s1. The quantitative estimate of drug-likeness (QED) is 0.874. The zero-order chi connectivity index (χ0) is 15.4. The van der Waals surface area contributed by atoms with Crippen molar-refractivity contribution in [2.45, 2.75) is 31.5 Å². The van der Waals surface area contributed by atoms with Gasteiger partial charge in [-0.3, -0.25) is 0 Å². The van der Waals surface area contributed by atoms with Crippen LogP contribution < -0.4 is 0 Å². The van der Waals surface area contributed by atoms with Crippen molar-refractivity contribution in [3.8, 4) is 0 Å². The molecule has 0 aliphatic heterocycles. The molecule has 3 heteroatoms. The van der Waals surface area contributed by atoms with Gasteiger partial charge in [0.25, 0.3) is 0 Å². The third-order valence-electron chi connectivity index (χ3n) is 4.29. The lowest BCUT2D eigenvalue weighted by atomic mass is 9.92. The SMILES string of the molecule is O=C(O[C@H](c1ccccc1)[C@@H]1CCC[C@H]1O)c1ccccc1. The molecule has 2 aromatic rings. The van der Waals surface area contributed by atoms with E-state index in [0.29, 0.717) is 5.56 Å². The van der Waals surface area contributed by atoms with Gasteiger partial charge in [-0.25, -0.2) is 4.79 Å². The molecule has 0 heterocycles. The molecule has 0 saturated heterocycles. The number of carbonyl (C=O) groups is 1. The van der Waals surface area contributed by atoms with Gasteiger partial charge in [0.15, 0.2) is 0 Å². The maximum Gasteiger partial charge on any atom is 0.338 e. The van der Waals surface area contributed by atoms with Gasteiger partial charge in [0.05, 0.1) is 11.7 Å². The van der Waals surface area contributed by atoms with Crippen molar-refractivity contribution >= 4 is 5.97 Å². The number of aliphatic hydroxyl groups is 1. The number of hydrogen-bond donors (Lipinski definition) is 1. The Balaban J connectivity index is 1.84. The first-order chi connectivity index (χ1) is 10.8. The van der Waals surface area contributed by atoms with Crippen molar-refractivity contribution in [3.05, 3.63) is 71.8 Å². The number of benzene rings is 2. The molecule has 2 aromatic carbocycles. The first kappa shape index (κ1) is 14.8. The molecule has 1 aliphatic rings. The maximum absolute atomic E-state index is 12.4. The van der Waals surface area contributed by atoms with Crippen LogP contribution in [-0.4, -0.2) is 17.2 Å². The summed E-state index contributed by atoms with van der Waals surface area (Å²) in [4.78, 5) is 12.4. The van der Waals surface area contributed by atoms with Gasteiger partial charge in [-0.05, 0) is 30.5 Å². The molecule has 1 N–H and O–H groups in total. The maximum atomic E-state index is 12.4. The summed E-state index contributed by atoms with van der Waals surface area (Å²) in [5, 5.41) is 10.2. The molecular formula is C19H20O3. The Morgan fingerprint density at radius 2 is 1.64 bits per heavy atom. The highest BCUT2D eigenvalue weighted by atomic mass is 16.5. The molecule has 1 aliphatic carbocycles. The van der Waals surface area contributed by atoms with Crippen molar-refractivity contribution in [2.75, 3.05) is 0 Å². The highest BCUT2D eigenvalue weighted by Crippen LogP contribution is 2.38. The fourth-order valence-electron chi connectivity index (χ4n) is 3.13. The summed E-state index contributed by atoms with van der Waals surface area (Å²) >= 11 is 0. The third kappa shape index (κ3) is 3.20. The van der Waals surface area contributed by atoms with Crippen LogP contribution in [0.3, 0.4) is 0 Å². The average Bonchev–Trinajstić information content (AvgIpc) is 3.00. The average molecular weight is 296 g/mol. The summed E-state index contributed by atoms with van der Waals surface area (Å²) in [6, 6.07) is 18.7. The van der Waals surface area contributed by atoms with Crippen LogP contribution in [0.25, 0.3) is 0 Å². The minimum atomic E-state index is -0.409. The lowest BCUT2D eigenvalue weighted by Crippen LogP contribution is -2.25. The van der Waals surface area contributed by atoms with E-state index in [1.165, 1.54) is 0 Å². The number of aliphatic hydroxyl groups excluding tert-OH is 1. The van der Waals surface area contributed by atoms with E-state index in [2.05, 4.69) is 0 Å². The summed E-state index contributed by atoms with van der Waals surface area (Å²) in [5.74, 6) is -0.372. The number of ether oxygens (including phenoxy) is 1. The van der Waals surface area contributed by atoms with Gasteiger partial charge in [-0.15, -0.1) is 0 Å². The largest absolute Gasteiger partial charge is 0.453 e. The molecule has 0 spiro atoms. The molecular weight excluding hydrogens is 276 g/mol. The molecule has 0 unspecified atom stereocenters. The number of esters is 1. The number of carbonyl (C=O) groups excluding carboxylic acids is 1. The van der Waals surface area contributed by atoms with Crippen LogP contribution in [0.2, 0.25) is 0 Å². The van der Waals surface area contributed by atoms with E-state index in [0.717, 1.165) is 24.8 Å². The van der Waals surface area contributed by atoms with Gasteiger partial charge >= 0.3 is 5.97 Å². The van der Waals surface area contributed by atoms with E-state index in [9.17, 15) is 9.90 Å². The van der Waals surface area contributed by atoms with Crippen molar-refractivity contribution in [1.82, 2.24) is 0 Å². The highest BCUT2D eigenvalue weighted by Gasteiger charge is 2.36. The second-order valence-electron chi connectivity index (χ2n) is 5.76. The van der Waals surface area contributed by atoms with Crippen LogP contribution in [0.4, 0.5) is 0 Å². The molecule has 0 bridgehead atoms. The van der Waals surface area contributed by atoms with Crippen LogP contribution in [0.1, 0.15) is 41.3 Å². The van der Waals surface area contributed by atoms with E-state index in [1.54, 1.807) is 12.1 Å². The molecule has 0 aromatic heterocycles. The summed E-state index contributed by atoms with van der Waals surface area (Å²) in [6.45, 7) is 0. The third-order valence-corrected chi connectivity index (χ3v) is 4.29. The fourth-order valence-corrected chi connectivity index (χ4v) is 3.13. The Morgan fingerprint density at radius 3 is 2.23 bits per heavy atom. The summed E-state index contributed by atoms with van der Waals surface area (Å²) in [7, 11) is 0. The number of rotatable bonds is 4. The van der Waals surface area contributed by atoms with Gasteiger partial charge in [0, 0.05) is 5.92 Å². The Hall–Kier alpha value is -2.13. The smallest absolute Gasteiger partial charge is 0.338 e. The first-order valence-corrected chi connectivity index (χ1v) is 7.75. The second-order valence-corrected chi connectivity index (χ2v) is 5.76. The van der Waals surface area contributed by atoms with Crippen LogP contribution in [-0.2, 0) is 4.74 Å². The molecule has 3 atom stereocenters. The molecule has 0 amide bonds. The highest BCUT2D eigenvalue weighted by molar-refractivity contribution is 5.89. The first-order valence-electron chi connectivity index (χ1n) is 7.75. The normalized spacial score (nSPS) is 22.2. The lowest BCUT2D eigenvalue weighted by molar-refractivity contribution is -0.0103. The monoisotopic (exact) mass is 296 g/mol. The van der Waals surface area contributed by atoms with E-state index in [4.69, 9.17) is 4.74 Å². The van der Waals surface area contributed by atoms with Crippen LogP contribution in [0.15, 0.2) is 60.7 Å². The number of hydrogen-bond acceptors (Lipinski definition) is 3. The van der Waals surface area contributed by atoms with Crippen molar-refractivity contribution < 1.29 is 14.6 Å². The molecule has 3 rings (SSSR count). The molecule has 1 fully saturated rings. The predicted molar refractivity (Wildman–Crippen MR) is 84.4 cm³/mol. The zero-order valence-corrected chi connectivity index (χ0v) is 12.4. The lowest BCUT2D eigenvalue weighted by Gasteiger charge is -2.26. The van der Waals surface area contributed by atoms with Gasteiger partial charge in [-0.1, -0.05) is 55.0 Å². The Kier molecular flexibility index (Phi) is 4.54. The molecule has 114 valence electrons. The Morgan fingerprint density at radius 1 is 1.00 bits per heavy atom. The topological polar surface area (TPSA) is 46.5 Å². The van der Waals surface area contributed by atoms with Crippen LogP contribution in [0, 0.1) is 5.92 Å². The van der Waals surface area contributed by atoms with Crippen LogP contribution >= 0.6 is 0 Å². The fraction of sp³-hybridized carbons (Fsp3) is 0.316. The zero-order valence-electron chi connectivity index (χ0n) is 12.4. The van der Waals surface area contributed by atoms with Crippen LogP contribution in [0.5, 0.6) is 0 Å². The summed E-state index contributed by atoms with van der Waals surface area (Å²) in [5.41, 5.74) is 1.48. The summed E-state index contributed by atoms with van der Waals surface area (Å²) < 4.78 is 5.78. The summed E-state index contributed by atoms with van der Waals surface area (Å²) in [6.07, 6.45) is 1.82. The van der Waals surface area contributed by atoms with Gasteiger partial charge in [0.1, 0.15) is 6.10 Å². The van der Waals surface area contributed by atoms with E-state index in [1.807, 2.05) is 48.5 Å². The molecule has 22 heavy (non-hydrogen) atoms. The van der Waals surface area contributed by atoms with Crippen molar-refractivity contribution in [2.24, 2.45) is 5.92 Å². The molecule has 1 saturated carbocycles. The molecule has 0 radical (unpaired) electrons. The van der Waals surface area contributed by atoms with Crippen molar-refractivity contribution in [1.29, 1.82) is 0 Å². The van der Waals surface area contributed by atoms with Gasteiger partial charge in [0.2, 0.25) is 0 Å². The second kappa shape index (κ2) is 6.75. The van der Waals surface area contributed by atoms with E-state index < -0.39 is 12.2 Å². The van der Waals surface area contributed by atoms with Gasteiger partial charge in [-0.2, -0.15) is 0 Å². The molecule has 3 nitrogen and oxygen atoms in total. The minimum absolute atomic E-state index is 0.0323. The Bertz CT molecular complexity index is 609.